The molecule has 0 aromatic heterocycles. The molecule has 4 bridgehead atoms. The number of hydrogen-bond acceptors (Lipinski definition) is 6. The van der Waals surface area contributed by atoms with Gasteiger partial charge in [0.25, 0.3) is 0 Å². The molecule has 4 N–H and O–H groups in total. The number of hydrogen-bond donors (Lipinski definition) is 4. The van der Waals surface area contributed by atoms with Gasteiger partial charge in [-0.2, -0.15) is 0 Å². The Morgan fingerprint density at radius 2 is 1.54 bits per heavy atom. The Kier molecular flexibility index (Phi) is 9.03. The lowest BCUT2D eigenvalue weighted by Crippen LogP contribution is -2.61. The van der Waals surface area contributed by atoms with Crippen LogP contribution in [0.25, 0.3) is 11.1 Å². The monoisotopic (exact) mass is 651 g/mol. The van der Waals surface area contributed by atoms with Gasteiger partial charge in [-0.15, -0.1) is 0 Å². The third-order valence-corrected chi connectivity index (χ3v) is 11.6. The maximum Gasteiger partial charge on any atom is 0.315 e. The molecule has 0 radical (unpaired) electrons. The fourth-order valence-electron chi connectivity index (χ4n) is 9.72. The van der Waals surface area contributed by atoms with Crippen LogP contribution in [-0.2, 0) is 22.6 Å². The van der Waals surface area contributed by atoms with Gasteiger partial charge in [0.15, 0.2) is 6.29 Å². The van der Waals surface area contributed by atoms with Crippen molar-refractivity contribution < 1.29 is 24.5 Å². The quantitative estimate of drug-likeness (QED) is 0.219. The number of aliphatic hydroxyl groups is 2. The number of nitrogens with zero attached hydrogens (tertiary/aromatic N) is 1. The lowest BCUT2D eigenvalue weighted by atomic mass is 9.53. The Labute approximate surface area is 283 Å². The molecule has 6 aliphatic rings. The smallest absolute Gasteiger partial charge is 0.315 e. The fourth-order valence-corrected chi connectivity index (χ4v) is 9.72. The SMILES string of the molecule is O=C(NCc1cccc(-c2ccc([C@H]3O[C@@H](CN4CC[C@H](O)C4)C[C@@H](c4ccc(CO)cc4)O3)cc2)c1)NC12CC3CC(CC(C3)C1)C2. The molecule has 3 aromatic carbocycles. The minimum atomic E-state index is -0.518. The van der Waals surface area contributed by atoms with E-state index in [2.05, 4.69) is 64.1 Å². The molecular weight excluding hydrogens is 602 g/mol. The van der Waals surface area contributed by atoms with Crippen LogP contribution in [0.15, 0.2) is 72.8 Å². The first-order chi connectivity index (χ1) is 23.4. The second kappa shape index (κ2) is 13.6. The summed E-state index contributed by atoms with van der Waals surface area (Å²) >= 11 is 0. The van der Waals surface area contributed by atoms with E-state index in [4.69, 9.17) is 9.47 Å². The molecule has 2 heterocycles. The molecule has 4 atom stereocenters. The molecule has 3 aromatic rings. The highest BCUT2D eigenvalue weighted by Gasteiger charge is 2.51. The van der Waals surface area contributed by atoms with E-state index in [1.807, 2.05) is 24.3 Å². The Balaban J connectivity index is 0.918. The molecule has 4 aliphatic carbocycles. The zero-order valence-electron chi connectivity index (χ0n) is 27.7. The summed E-state index contributed by atoms with van der Waals surface area (Å²) in [5.41, 5.74) is 6.17. The van der Waals surface area contributed by atoms with Crippen molar-refractivity contribution in [2.45, 2.75) is 94.7 Å². The van der Waals surface area contributed by atoms with Gasteiger partial charge >= 0.3 is 6.03 Å². The summed E-state index contributed by atoms with van der Waals surface area (Å²) in [5, 5.41) is 26.2. The van der Waals surface area contributed by atoms with Gasteiger partial charge in [-0.3, -0.25) is 4.90 Å². The van der Waals surface area contributed by atoms with Crippen LogP contribution < -0.4 is 10.6 Å². The van der Waals surface area contributed by atoms with Gasteiger partial charge in [0.05, 0.1) is 24.9 Å². The summed E-state index contributed by atoms with van der Waals surface area (Å²) in [6.07, 6.45) is 8.09. The molecule has 0 spiro atoms. The van der Waals surface area contributed by atoms with Crippen molar-refractivity contribution in [3.63, 3.8) is 0 Å². The average molecular weight is 652 g/mol. The van der Waals surface area contributed by atoms with E-state index < -0.39 is 6.29 Å². The van der Waals surface area contributed by atoms with Crippen molar-refractivity contribution >= 4 is 6.03 Å². The normalized spacial score (nSPS) is 32.8. The minimum Gasteiger partial charge on any atom is -0.392 e. The lowest BCUT2D eigenvalue weighted by Gasteiger charge is -2.56. The van der Waals surface area contributed by atoms with Gasteiger partial charge < -0.3 is 30.3 Å². The third-order valence-electron chi connectivity index (χ3n) is 11.6. The zero-order valence-corrected chi connectivity index (χ0v) is 27.7. The van der Waals surface area contributed by atoms with Crippen LogP contribution in [-0.4, -0.2) is 58.5 Å². The lowest BCUT2D eigenvalue weighted by molar-refractivity contribution is -0.252. The van der Waals surface area contributed by atoms with Crippen LogP contribution in [0.5, 0.6) is 0 Å². The molecule has 8 heteroatoms. The van der Waals surface area contributed by atoms with E-state index in [0.717, 1.165) is 96.3 Å². The predicted octanol–water partition coefficient (Wildman–Crippen LogP) is 6.23. The number of amides is 2. The van der Waals surface area contributed by atoms with Gasteiger partial charge in [0.2, 0.25) is 0 Å². The summed E-state index contributed by atoms with van der Waals surface area (Å²) < 4.78 is 13.1. The van der Waals surface area contributed by atoms with E-state index in [1.54, 1.807) is 0 Å². The molecule has 4 saturated carbocycles. The van der Waals surface area contributed by atoms with Crippen molar-refractivity contribution in [1.82, 2.24) is 15.5 Å². The highest BCUT2D eigenvalue weighted by atomic mass is 16.7. The first-order valence-corrected chi connectivity index (χ1v) is 18.0. The molecule has 254 valence electrons. The molecular formula is C40H49N3O5. The van der Waals surface area contributed by atoms with E-state index in [9.17, 15) is 15.0 Å². The van der Waals surface area contributed by atoms with Crippen LogP contribution >= 0.6 is 0 Å². The summed E-state index contributed by atoms with van der Waals surface area (Å²) in [6, 6.07) is 24.7. The zero-order chi connectivity index (χ0) is 32.7. The number of aliphatic hydroxyl groups excluding tert-OH is 2. The highest BCUT2D eigenvalue weighted by Crippen LogP contribution is 2.55. The summed E-state index contributed by atoms with van der Waals surface area (Å²) in [6.45, 7) is 2.81. The second-order valence-electron chi connectivity index (χ2n) is 15.4. The fraction of sp³-hybridized carbons (Fsp3) is 0.525. The van der Waals surface area contributed by atoms with Crippen molar-refractivity contribution in [1.29, 1.82) is 0 Å². The van der Waals surface area contributed by atoms with Crippen molar-refractivity contribution in [2.24, 2.45) is 17.8 Å². The third kappa shape index (κ3) is 7.05. The summed E-state index contributed by atoms with van der Waals surface area (Å²) in [7, 11) is 0. The van der Waals surface area contributed by atoms with Crippen molar-refractivity contribution in [2.75, 3.05) is 19.6 Å². The average Bonchev–Trinajstić information content (AvgIpc) is 3.50. The molecule has 2 amide bonds. The molecule has 6 fully saturated rings. The first-order valence-electron chi connectivity index (χ1n) is 18.0. The van der Waals surface area contributed by atoms with E-state index in [1.165, 1.54) is 19.3 Å². The van der Waals surface area contributed by atoms with Crippen LogP contribution in [0.1, 0.15) is 86.0 Å². The topological polar surface area (TPSA) is 103 Å². The van der Waals surface area contributed by atoms with Crippen LogP contribution in [0.4, 0.5) is 4.79 Å². The highest BCUT2D eigenvalue weighted by molar-refractivity contribution is 5.75. The van der Waals surface area contributed by atoms with E-state index in [0.29, 0.717) is 13.1 Å². The van der Waals surface area contributed by atoms with Crippen LogP contribution in [0, 0.1) is 17.8 Å². The first kappa shape index (κ1) is 32.0. The maximum absolute atomic E-state index is 13.1. The van der Waals surface area contributed by atoms with E-state index in [-0.39, 0.29) is 36.5 Å². The Bertz CT molecular complexity index is 1540. The van der Waals surface area contributed by atoms with Crippen molar-refractivity contribution in [3.05, 3.63) is 95.1 Å². The van der Waals surface area contributed by atoms with Gasteiger partial charge in [0.1, 0.15) is 0 Å². The standard InChI is InChI=1S/C40H49N3O5/c44-25-26-4-6-32(7-5-26)37-18-36(24-43-13-12-35(45)23-43)47-38(48-37)33-10-8-31(9-11-33)34-3-1-2-27(17-34)22-41-39(46)42-40-19-28-14-29(20-40)16-30(15-28)21-40/h1-11,17,28-30,35-38,44-45H,12-16,18-25H2,(H2,41,42,46)/t28?,29?,30?,35-,36+,37-,38-,40?/m0/s1. The Hall–Kier alpha value is -3.27. The minimum absolute atomic E-state index is 0.00936. The number of urea groups is 1. The Morgan fingerprint density at radius 1 is 0.833 bits per heavy atom. The summed E-state index contributed by atoms with van der Waals surface area (Å²) in [5.74, 6) is 2.40. The van der Waals surface area contributed by atoms with Crippen LogP contribution in [0.3, 0.4) is 0 Å². The predicted molar refractivity (Wildman–Crippen MR) is 184 cm³/mol. The number of rotatable bonds is 9. The van der Waals surface area contributed by atoms with Crippen molar-refractivity contribution in [3.8, 4) is 11.1 Å². The maximum atomic E-state index is 13.1. The number of likely N-dealkylation sites (tertiary alicyclic amines) is 1. The number of carbonyl (C=O) groups is 1. The van der Waals surface area contributed by atoms with E-state index >= 15 is 0 Å². The summed E-state index contributed by atoms with van der Waals surface area (Å²) in [4.78, 5) is 15.3. The molecule has 9 rings (SSSR count). The molecule has 48 heavy (non-hydrogen) atoms. The largest absolute Gasteiger partial charge is 0.392 e. The second-order valence-corrected chi connectivity index (χ2v) is 15.4. The molecule has 0 unspecified atom stereocenters. The molecule has 2 saturated heterocycles. The Morgan fingerprint density at radius 3 is 2.21 bits per heavy atom. The van der Waals surface area contributed by atoms with Gasteiger partial charge in [0, 0.05) is 43.7 Å². The number of β-amino-alcohol motifs (C(OH)–C–C–N with tert-alkyl or cyclic N) is 1. The number of benzene rings is 3. The number of carbonyl (C=O) groups excluding carboxylic acids is 1. The molecule has 8 nitrogen and oxygen atoms in total. The number of ether oxygens (including phenoxy) is 2. The van der Waals surface area contributed by atoms with Crippen LogP contribution in [0.2, 0.25) is 0 Å². The van der Waals surface area contributed by atoms with Gasteiger partial charge in [-0.05, 0) is 96.6 Å². The molecule has 2 aliphatic heterocycles. The van der Waals surface area contributed by atoms with Gasteiger partial charge in [-0.25, -0.2) is 4.79 Å². The number of nitrogens with one attached hydrogen (secondary N) is 2. The van der Waals surface area contributed by atoms with Gasteiger partial charge in [-0.1, -0.05) is 66.7 Å².